The largest absolute Gasteiger partial charge is 0.497 e. The molecule has 0 heterocycles. The van der Waals surface area contributed by atoms with Crippen molar-refractivity contribution in [3.63, 3.8) is 0 Å². The average Bonchev–Trinajstić information content (AvgIpc) is 2.92. The predicted octanol–water partition coefficient (Wildman–Crippen LogP) is 7.08. The molecule has 0 bridgehead atoms. The van der Waals surface area contributed by atoms with Crippen molar-refractivity contribution in [3.05, 3.63) is 113 Å². The van der Waals surface area contributed by atoms with Crippen molar-refractivity contribution in [3.8, 4) is 11.5 Å². The van der Waals surface area contributed by atoms with Gasteiger partial charge in [-0.3, -0.25) is 9.59 Å². The fourth-order valence-corrected chi connectivity index (χ4v) is 4.92. The standard InChI is InChI=1S/C29H25ClN2O4S/c1-35-23-14-11-20(12-15-23)28(33)31-21-9-6-10-24(17-21)37-27(19-7-4-3-5-8-19)29(34)32-22-13-16-26(36-2)25(30)18-22/h3-18,27H,1-2H3,(H,31,33)(H,32,34). The Bertz CT molecular complexity index is 1380. The van der Waals surface area contributed by atoms with E-state index < -0.39 is 5.25 Å². The van der Waals surface area contributed by atoms with Crippen LogP contribution in [0.25, 0.3) is 0 Å². The molecule has 0 aliphatic rings. The fraction of sp³-hybridized carbons (Fsp3) is 0.103. The lowest BCUT2D eigenvalue weighted by Gasteiger charge is -2.18. The number of carbonyl (C=O) groups is 2. The van der Waals surface area contributed by atoms with Crippen LogP contribution in [0.3, 0.4) is 0 Å². The Kier molecular flexibility index (Phi) is 8.72. The number of halogens is 1. The molecule has 4 aromatic carbocycles. The van der Waals surface area contributed by atoms with Crippen molar-refractivity contribution >= 4 is 46.6 Å². The lowest BCUT2D eigenvalue weighted by molar-refractivity contribution is -0.115. The molecule has 2 amide bonds. The van der Waals surface area contributed by atoms with Crippen LogP contribution < -0.4 is 20.1 Å². The second-order valence-electron chi connectivity index (χ2n) is 7.96. The van der Waals surface area contributed by atoms with Crippen molar-refractivity contribution in [2.24, 2.45) is 0 Å². The number of hydrogen-bond donors (Lipinski definition) is 2. The van der Waals surface area contributed by atoms with Crippen LogP contribution in [0.5, 0.6) is 11.5 Å². The molecule has 1 atom stereocenters. The van der Waals surface area contributed by atoms with Gasteiger partial charge in [0.05, 0.1) is 19.2 Å². The second-order valence-corrected chi connectivity index (χ2v) is 9.54. The molecule has 188 valence electrons. The van der Waals surface area contributed by atoms with Gasteiger partial charge in [0.2, 0.25) is 5.91 Å². The van der Waals surface area contributed by atoms with Gasteiger partial charge in [-0.15, -0.1) is 11.8 Å². The average molecular weight is 533 g/mol. The second kappa shape index (κ2) is 12.3. The molecule has 1 unspecified atom stereocenters. The highest BCUT2D eigenvalue weighted by Crippen LogP contribution is 2.38. The lowest BCUT2D eigenvalue weighted by atomic mass is 10.1. The molecular weight excluding hydrogens is 508 g/mol. The number of rotatable bonds is 9. The predicted molar refractivity (Wildman–Crippen MR) is 149 cm³/mol. The summed E-state index contributed by atoms with van der Waals surface area (Å²) in [5, 5.41) is 5.73. The molecule has 8 heteroatoms. The Morgan fingerprint density at radius 1 is 0.784 bits per heavy atom. The third-order valence-corrected chi connectivity index (χ3v) is 7.00. The van der Waals surface area contributed by atoms with Crippen molar-refractivity contribution in [1.29, 1.82) is 0 Å². The lowest BCUT2D eigenvalue weighted by Crippen LogP contribution is -2.19. The van der Waals surface area contributed by atoms with Crippen molar-refractivity contribution < 1.29 is 19.1 Å². The summed E-state index contributed by atoms with van der Waals surface area (Å²) in [6.07, 6.45) is 0. The number of carbonyl (C=O) groups excluding carboxylic acids is 2. The van der Waals surface area contributed by atoms with Crippen LogP contribution in [0.4, 0.5) is 11.4 Å². The van der Waals surface area contributed by atoms with Crippen LogP contribution in [0.15, 0.2) is 102 Å². The van der Waals surface area contributed by atoms with Crippen LogP contribution in [0, 0.1) is 0 Å². The molecule has 37 heavy (non-hydrogen) atoms. The van der Waals surface area contributed by atoms with E-state index in [0.717, 1.165) is 10.5 Å². The van der Waals surface area contributed by atoms with Gasteiger partial charge >= 0.3 is 0 Å². The summed E-state index contributed by atoms with van der Waals surface area (Å²) in [5.41, 5.74) is 2.55. The van der Waals surface area contributed by atoms with Gasteiger partial charge in [0.1, 0.15) is 16.7 Å². The van der Waals surface area contributed by atoms with E-state index in [-0.39, 0.29) is 11.8 Å². The summed E-state index contributed by atoms with van der Waals surface area (Å²) in [7, 11) is 3.11. The van der Waals surface area contributed by atoms with Gasteiger partial charge in [0, 0.05) is 21.8 Å². The summed E-state index contributed by atoms with van der Waals surface area (Å²) in [6, 6.07) is 28.9. The number of hydrogen-bond acceptors (Lipinski definition) is 5. The minimum absolute atomic E-state index is 0.204. The minimum Gasteiger partial charge on any atom is -0.497 e. The molecule has 0 radical (unpaired) electrons. The zero-order valence-electron chi connectivity index (χ0n) is 20.2. The van der Waals surface area contributed by atoms with Crippen LogP contribution in [-0.4, -0.2) is 26.0 Å². The van der Waals surface area contributed by atoms with Crippen LogP contribution >= 0.6 is 23.4 Å². The van der Waals surface area contributed by atoms with E-state index in [1.165, 1.54) is 18.9 Å². The maximum Gasteiger partial charge on any atom is 0.255 e. The summed E-state index contributed by atoms with van der Waals surface area (Å²) in [5.74, 6) is 0.767. The number of benzene rings is 4. The summed E-state index contributed by atoms with van der Waals surface area (Å²) in [6.45, 7) is 0. The van der Waals surface area contributed by atoms with Crippen LogP contribution in [0.2, 0.25) is 5.02 Å². The number of anilines is 2. The molecule has 6 nitrogen and oxygen atoms in total. The fourth-order valence-electron chi connectivity index (χ4n) is 3.58. The van der Waals surface area contributed by atoms with Gasteiger partial charge in [0.25, 0.3) is 5.91 Å². The highest BCUT2D eigenvalue weighted by Gasteiger charge is 2.23. The number of methoxy groups -OCH3 is 2. The number of amides is 2. The van der Waals surface area contributed by atoms with Crippen LogP contribution in [-0.2, 0) is 4.79 Å². The Morgan fingerprint density at radius 3 is 2.19 bits per heavy atom. The number of thioether (sulfide) groups is 1. The zero-order chi connectivity index (χ0) is 26.2. The molecular formula is C29H25ClN2O4S. The minimum atomic E-state index is -0.547. The summed E-state index contributed by atoms with van der Waals surface area (Å²) in [4.78, 5) is 26.9. The first-order chi connectivity index (χ1) is 18.0. The maximum absolute atomic E-state index is 13.4. The van der Waals surface area contributed by atoms with Crippen molar-refractivity contribution in [1.82, 2.24) is 0 Å². The van der Waals surface area contributed by atoms with Crippen LogP contribution in [0.1, 0.15) is 21.2 Å². The number of ether oxygens (including phenoxy) is 2. The number of nitrogens with one attached hydrogen (secondary N) is 2. The molecule has 0 saturated heterocycles. The molecule has 4 aromatic rings. The molecule has 2 N–H and O–H groups in total. The first-order valence-electron chi connectivity index (χ1n) is 11.4. The molecule has 0 aliphatic carbocycles. The smallest absolute Gasteiger partial charge is 0.255 e. The molecule has 0 aliphatic heterocycles. The Morgan fingerprint density at radius 2 is 1.51 bits per heavy atom. The molecule has 0 fully saturated rings. The van der Waals surface area contributed by atoms with Crippen molar-refractivity contribution in [2.45, 2.75) is 10.1 Å². The van der Waals surface area contributed by atoms with Gasteiger partial charge in [-0.05, 0) is 66.2 Å². The SMILES string of the molecule is COc1ccc(C(=O)Nc2cccc(SC(C(=O)Nc3ccc(OC)c(Cl)c3)c3ccccc3)c2)cc1. The molecule has 0 saturated carbocycles. The topological polar surface area (TPSA) is 76.7 Å². The quantitative estimate of drug-likeness (QED) is 0.225. The Balaban J connectivity index is 1.52. The van der Waals surface area contributed by atoms with Gasteiger partial charge in [0.15, 0.2) is 0 Å². The van der Waals surface area contributed by atoms with E-state index in [1.54, 1.807) is 49.6 Å². The van der Waals surface area contributed by atoms with Gasteiger partial charge in [-0.2, -0.15) is 0 Å². The first-order valence-corrected chi connectivity index (χ1v) is 12.6. The zero-order valence-corrected chi connectivity index (χ0v) is 21.8. The van der Waals surface area contributed by atoms with E-state index in [2.05, 4.69) is 10.6 Å². The highest BCUT2D eigenvalue weighted by atomic mass is 35.5. The molecule has 0 aromatic heterocycles. The molecule has 4 rings (SSSR count). The highest BCUT2D eigenvalue weighted by molar-refractivity contribution is 8.00. The Hall–Kier alpha value is -3.94. The summed E-state index contributed by atoms with van der Waals surface area (Å²) < 4.78 is 10.3. The Labute approximate surface area is 225 Å². The maximum atomic E-state index is 13.4. The third-order valence-electron chi connectivity index (χ3n) is 5.46. The summed E-state index contributed by atoms with van der Waals surface area (Å²) >= 11 is 7.62. The third kappa shape index (κ3) is 6.84. The van der Waals surface area contributed by atoms with Crippen molar-refractivity contribution in [2.75, 3.05) is 24.9 Å². The van der Waals surface area contributed by atoms with E-state index in [1.807, 2.05) is 54.6 Å². The van der Waals surface area contributed by atoms with E-state index in [0.29, 0.717) is 33.5 Å². The normalized spacial score (nSPS) is 11.3. The van der Waals surface area contributed by atoms with E-state index >= 15 is 0 Å². The van der Waals surface area contributed by atoms with Gasteiger partial charge < -0.3 is 20.1 Å². The monoisotopic (exact) mass is 532 g/mol. The van der Waals surface area contributed by atoms with Gasteiger partial charge in [-0.1, -0.05) is 48.0 Å². The molecule has 0 spiro atoms. The first kappa shape index (κ1) is 26.1. The van der Waals surface area contributed by atoms with Gasteiger partial charge in [-0.25, -0.2) is 0 Å². The van der Waals surface area contributed by atoms with E-state index in [4.69, 9.17) is 21.1 Å². The van der Waals surface area contributed by atoms with E-state index in [9.17, 15) is 9.59 Å².